The quantitative estimate of drug-likeness (QED) is 0.254. The fraction of sp³-hybridized carbons (Fsp3) is 0.300. The summed E-state index contributed by atoms with van der Waals surface area (Å²) in [4.78, 5) is 44.1. The first-order valence-electron chi connectivity index (χ1n) is 13.8. The van der Waals surface area contributed by atoms with Crippen molar-refractivity contribution in [3.8, 4) is 16.9 Å². The van der Waals surface area contributed by atoms with Crippen molar-refractivity contribution in [3.05, 3.63) is 71.9 Å². The standard InChI is InChI=1S/C30H33N9O4/c1-17(21-13-14-38(3)37-21)39(4)30(42)23-12-11-19(16-32-23)20-7-6-8-22(27(20)43-5)33-24-15-25(34-28(40)18-9-10-18)35-36-26(24)29(41)31-2/h6-8,11-18H,9-10H2,1-5H3,(H,31,41)(H2,33,34,35,40)/t17-/m1/s1. The van der Waals surface area contributed by atoms with Crippen LogP contribution in [0.4, 0.5) is 17.2 Å². The highest BCUT2D eigenvalue weighted by Crippen LogP contribution is 2.38. The van der Waals surface area contributed by atoms with Crippen LogP contribution in [0.1, 0.15) is 52.5 Å². The van der Waals surface area contributed by atoms with Gasteiger partial charge in [-0.15, -0.1) is 10.2 Å². The van der Waals surface area contributed by atoms with Crippen LogP contribution in [0.2, 0.25) is 0 Å². The smallest absolute Gasteiger partial charge is 0.273 e. The van der Waals surface area contributed by atoms with E-state index in [0.29, 0.717) is 33.9 Å². The average molecular weight is 584 g/mol. The van der Waals surface area contributed by atoms with Crippen molar-refractivity contribution in [3.63, 3.8) is 0 Å². The Balaban J connectivity index is 1.40. The molecule has 3 amide bonds. The summed E-state index contributed by atoms with van der Waals surface area (Å²) in [6, 6.07) is 12.2. The number of para-hydroxylation sites is 1. The Kier molecular flexibility index (Phi) is 8.32. The van der Waals surface area contributed by atoms with E-state index < -0.39 is 5.91 Å². The lowest BCUT2D eigenvalue weighted by Gasteiger charge is -2.23. The van der Waals surface area contributed by atoms with E-state index in [2.05, 4.69) is 36.2 Å². The van der Waals surface area contributed by atoms with Crippen LogP contribution in [0, 0.1) is 5.92 Å². The van der Waals surface area contributed by atoms with E-state index in [1.165, 1.54) is 14.2 Å². The van der Waals surface area contributed by atoms with Crippen molar-refractivity contribution in [2.75, 3.05) is 31.8 Å². The highest BCUT2D eigenvalue weighted by Gasteiger charge is 2.30. The second kappa shape index (κ2) is 12.3. The van der Waals surface area contributed by atoms with E-state index in [1.54, 1.807) is 47.1 Å². The minimum Gasteiger partial charge on any atom is -0.494 e. The van der Waals surface area contributed by atoms with Gasteiger partial charge in [0, 0.05) is 56.6 Å². The number of nitrogens with one attached hydrogen (secondary N) is 3. The van der Waals surface area contributed by atoms with Crippen molar-refractivity contribution >= 4 is 34.9 Å². The lowest BCUT2D eigenvalue weighted by Crippen LogP contribution is -2.30. The van der Waals surface area contributed by atoms with E-state index in [4.69, 9.17) is 4.74 Å². The van der Waals surface area contributed by atoms with Gasteiger partial charge < -0.3 is 25.6 Å². The van der Waals surface area contributed by atoms with Crippen LogP contribution >= 0.6 is 0 Å². The number of hydrogen-bond acceptors (Lipinski definition) is 9. The van der Waals surface area contributed by atoms with Crippen molar-refractivity contribution < 1.29 is 19.1 Å². The van der Waals surface area contributed by atoms with Crippen LogP contribution in [0.3, 0.4) is 0 Å². The number of anilines is 3. The Morgan fingerprint density at radius 3 is 2.51 bits per heavy atom. The minimum absolute atomic E-state index is 0.0198. The zero-order valence-corrected chi connectivity index (χ0v) is 24.6. The monoisotopic (exact) mass is 583 g/mol. The average Bonchev–Trinajstić information content (AvgIpc) is 3.79. The lowest BCUT2D eigenvalue weighted by atomic mass is 10.0. The number of ether oxygens (including phenoxy) is 1. The number of pyridine rings is 1. The first kappa shape index (κ1) is 29.2. The van der Waals surface area contributed by atoms with E-state index in [9.17, 15) is 14.4 Å². The predicted molar refractivity (Wildman–Crippen MR) is 160 cm³/mol. The molecule has 43 heavy (non-hydrogen) atoms. The second-order valence-corrected chi connectivity index (χ2v) is 10.3. The molecule has 1 aliphatic carbocycles. The molecular formula is C30H33N9O4. The van der Waals surface area contributed by atoms with E-state index in [1.807, 2.05) is 38.4 Å². The Morgan fingerprint density at radius 2 is 1.88 bits per heavy atom. The first-order chi connectivity index (χ1) is 20.7. The Morgan fingerprint density at radius 1 is 1.09 bits per heavy atom. The molecule has 4 aromatic rings. The summed E-state index contributed by atoms with van der Waals surface area (Å²) in [5.41, 5.74) is 3.43. The van der Waals surface area contributed by atoms with Gasteiger partial charge in [0.2, 0.25) is 5.91 Å². The summed E-state index contributed by atoms with van der Waals surface area (Å²) in [5, 5.41) is 21.0. The van der Waals surface area contributed by atoms with Gasteiger partial charge >= 0.3 is 0 Å². The fourth-order valence-corrected chi connectivity index (χ4v) is 4.53. The van der Waals surface area contributed by atoms with Gasteiger partial charge in [-0.2, -0.15) is 5.10 Å². The number of rotatable bonds is 10. The van der Waals surface area contributed by atoms with Gasteiger partial charge in [0.15, 0.2) is 11.5 Å². The van der Waals surface area contributed by atoms with Gasteiger partial charge in [-0.05, 0) is 38.0 Å². The fourth-order valence-electron chi connectivity index (χ4n) is 4.53. The highest BCUT2D eigenvalue weighted by molar-refractivity contribution is 6.00. The molecule has 1 saturated carbocycles. The number of methoxy groups -OCH3 is 1. The van der Waals surface area contributed by atoms with E-state index in [-0.39, 0.29) is 35.3 Å². The summed E-state index contributed by atoms with van der Waals surface area (Å²) >= 11 is 0. The van der Waals surface area contributed by atoms with Gasteiger partial charge in [0.05, 0.1) is 30.2 Å². The zero-order chi connectivity index (χ0) is 30.7. The summed E-state index contributed by atoms with van der Waals surface area (Å²) < 4.78 is 7.48. The Bertz CT molecular complexity index is 1660. The van der Waals surface area contributed by atoms with Crippen molar-refractivity contribution in [1.29, 1.82) is 0 Å². The van der Waals surface area contributed by atoms with Gasteiger partial charge in [-0.3, -0.25) is 24.0 Å². The number of benzene rings is 1. The van der Waals surface area contributed by atoms with Gasteiger partial charge in [-0.1, -0.05) is 18.2 Å². The molecule has 0 bridgehead atoms. The second-order valence-electron chi connectivity index (χ2n) is 10.3. The molecule has 0 saturated heterocycles. The van der Waals surface area contributed by atoms with Crippen LogP contribution in [0.5, 0.6) is 5.75 Å². The molecule has 0 aliphatic heterocycles. The summed E-state index contributed by atoms with van der Waals surface area (Å²) in [6.07, 6.45) is 5.14. The highest BCUT2D eigenvalue weighted by atomic mass is 16.5. The number of carbonyl (C=O) groups excluding carboxylic acids is 3. The lowest BCUT2D eigenvalue weighted by molar-refractivity contribution is -0.117. The molecule has 1 aliphatic rings. The number of carbonyl (C=O) groups is 3. The zero-order valence-electron chi connectivity index (χ0n) is 24.6. The molecule has 1 fully saturated rings. The number of aryl methyl sites for hydroxylation is 1. The van der Waals surface area contributed by atoms with Crippen LogP contribution < -0.4 is 20.7 Å². The largest absolute Gasteiger partial charge is 0.494 e. The number of nitrogens with zero attached hydrogens (tertiary/aromatic N) is 6. The van der Waals surface area contributed by atoms with Crippen molar-refractivity contribution in [1.82, 2.24) is 35.2 Å². The van der Waals surface area contributed by atoms with Crippen LogP contribution in [-0.4, -0.2) is 68.8 Å². The molecule has 0 spiro atoms. The number of aromatic nitrogens is 5. The van der Waals surface area contributed by atoms with Crippen molar-refractivity contribution in [2.45, 2.75) is 25.8 Å². The van der Waals surface area contributed by atoms with Gasteiger partial charge in [0.25, 0.3) is 11.8 Å². The van der Waals surface area contributed by atoms with E-state index in [0.717, 1.165) is 18.5 Å². The summed E-state index contributed by atoms with van der Waals surface area (Å²) in [6.45, 7) is 1.91. The third-order valence-corrected chi connectivity index (χ3v) is 7.28. The van der Waals surface area contributed by atoms with Gasteiger partial charge in [-0.25, -0.2) is 0 Å². The molecule has 0 unspecified atom stereocenters. The summed E-state index contributed by atoms with van der Waals surface area (Å²) in [7, 11) is 6.59. The number of amides is 3. The molecule has 3 heterocycles. The molecule has 1 aromatic carbocycles. The Labute approximate surface area is 248 Å². The molecule has 13 nitrogen and oxygen atoms in total. The molecule has 3 N–H and O–H groups in total. The molecule has 13 heteroatoms. The predicted octanol–water partition coefficient (Wildman–Crippen LogP) is 3.57. The SMILES string of the molecule is CNC(=O)c1nnc(NC(=O)C2CC2)cc1Nc1cccc(-c2ccc(C(=O)N(C)[C@H](C)c3ccn(C)n3)nc2)c1OC. The van der Waals surface area contributed by atoms with E-state index >= 15 is 0 Å². The molecule has 0 radical (unpaired) electrons. The van der Waals surface area contributed by atoms with Crippen LogP contribution in [0.15, 0.2) is 54.9 Å². The molecule has 5 rings (SSSR count). The molecular weight excluding hydrogens is 550 g/mol. The van der Waals surface area contributed by atoms with Gasteiger partial charge in [0.1, 0.15) is 11.4 Å². The topological polar surface area (TPSA) is 156 Å². The Hall–Kier alpha value is -5.33. The maximum Gasteiger partial charge on any atom is 0.273 e. The van der Waals surface area contributed by atoms with Crippen molar-refractivity contribution in [2.24, 2.45) is 13.0 Å². The normalized spacial score (nSPS) is 13.1. The van der Waals surface area contributed by atoms with Crippen LogP contribution in [-0.2, 0) is 11.8 Å². The molecule has 222 valence electrons. The maximum absolute atomic E-state index is 13.2. The minimum atomic E-state index is -0.447. The number of hydrogen-bond donors (Lipinski definition) is 3. The summed E-state index contributed by atoms with van der Waals surface area (Å²) in [5.74, 6) is -0.116. The first-order valence-corrected chi connectivity index (χ1v) is 13.8. The van der Waals surface area contributed by atoms with Crippen LogP contribution in [0.25, 0.3) is 11.1 Å². The third kappa shape index (κ3) is 6.30. The molecule has 3 aromatic heterocycles. The third-order valence-electron chi connectivity index (χ3n) is 7.28. The maximum atomic E-state index is 13.2. The molecule has 1 atom stereocenters.